The molecule has 1 unspecified atom stereocenters. The minimum atomic E-state index is -0.214. The Bertz CT molecular complexity index is 781. The monoisotopic (exact) mass is 326 g/mol. The van der Waals surface area contributed by atoms with Crippen LogP contribution in [0.25, 0.3) is 10.9 Å². The zero-order valence-corrected chi connectivity index (χ0v) is 14.5. The smallest absolute Gasteiger partial charge is 0.119 e. The van der Waals surface area contributed by atoms with E-state index in [1.165, 1.54) is 41.5 Å². The van der Waals surface area contributed by atoms with Crippen molar-refractivity contribution in [2.75, 3.05) is 20.2 Å². The van der Waals surface area contributed by atoms with Crippen LogP contribution in [0.5, 0.6) is 5.75 Å². The van der Waals surface area contributed by atoms with Gasteiger partial charge in [0.05, 0.1) is 13.2 Å². The Balaban J connectivity index is 1.65. The number of methoxy groups -OCH3 is 1. The number of nitrogens with zero attached hydrogens (tertiary/aromatic N) is 1. The second kappa shape index (κ2) is 5.24. The van der Waals surface area contributed by atoms with Crippen molar-refractivity contribution in [3.63, 3.8) is 0 Å². The molecule has 0 radical (unpaired) electrons. The molecule has 4 heteroatoms. The summed E-state index contributed by atoms with van der Waals surface area (Å²) < 4.78 is 5.44. The van der Waals surface area contributed by atoms with Gasteiger partial charge in [-0.25, -0.2) is 0 Å². The molecule has 1 aromatic carbocycles. The SMILES string of the molecule is COc1ccc2[nH]c3c(c2c1)CCN1C[C@H]2C[C@@H]([C@H](C)O)[C@H]1[C@H]3C2. The summed E-state index contributed by atoms with van der Waals surface area (Å²) in [6, 6.07) is 6.86. The van der Waals surface area contributed by atoms with E-state index in [1.807, 2.05) is 13.0 Å². The number of hydrogen-bond acceptors (Lipinski definition) is 3. The van der Waals surface area contributed by atoms with E-state index in [9.17, 15) is 5.11 Å². The van der Waals surface area contributed by atoms with Crippen LogP contribution in [0.3, 0.4) is 0 Å². The van der Waals surface area contributed by atoms with Crippen LogP contribution in [0.2, 0.25) is 0 Å². The van der Waals surface area contributed by atoms with Crippen LogP contribution >= 0.6 is 0 Å². The molecule has 0 amide bonds. The largest absolute Gasteiger partial charge is 0.497 e. The number of aliphatic hydroxyl groups excluding tert-OH is 1. The summed E-state index contributed by atoms with van der Waals surface area (Å²) in [6.45, 7) is 4.31. The minimum absolute atomic E-state index is 0.214. The molecule has 128 valence electrons. The van der Waals surface area contributed by atoms with Gasteiger partial charge in [0.25, 0.3) is 0 Å². The van der Waals surface area contributed by atoms with Crippen molar-refractivity contribution in [3.8, 4) is 5.75 Å². The first-order valence-electron chi connectivity index (χ1n) is 9.26. The molecule has 1 aromatic heterocycles. The summed E-state index contributed by atoms with van der Waals surface area (Å²) in [7, 11) is 1.73. The fourth-order valence-corrected chi connectivity index (χ4v) is 5.77. The van der Waals surface area contributed by atoms with Crippen LogP contribution in [0, 0.1) is 11.8 Å². The summed E-state index contributed by atoms with van der Waals surface area (Å²) in [5.41, 5.74) is 4.14. The van der Waals surface area contributed by atoms with E-state index in [4.69, 9.17) is 4.74 Å². The normalized spacial score (nSPS) is 35.5. The van der Waals surface area contributed by atoms with E-state index in [0.29, 0.717) is 17.9 Å². The van der Waals surface area contributed by atoms with Gasteiger partial charge in [0.1, 0.15) is 5.75 Å². The van der Waals surface area contributed by atoms with Crippen LogP contribution in [0.4, 0.5) is 0 Å². The number of piperidine rings is 2. The number of hydrogen-bond donors (Lipinski definition) is 2. The molecule has 3 fully saturated rings. The minimum Gasteiger partial charge on any atom is -0.497 e. The maximum Gasteiger partial charge on any atom is 0.119 e. The third kappa shape index (κ3) is 1.99. The molecule has 24 heavy (non-hydrogen) atoms. The Morgan fingerprint density at radius 2 is 2.21 bits per heavy atom. The number of nitrogens with one attached hydrogen (secondary N) is 1. The molecular weight excluding hydrogens is 300 g/mol. The van der Waals surface area contributed by atoms with Crippen molar-refractivity contribution in [1.82, 2.24) is 9.88 Å². The maximum atomic E-state index is 10.3. The van der Waals surface area contributed by atoms with E-state index in [-0.39, 0.29) is 6.10 Å². The van der Waals surface area contributed by atoms with Gasteiger partial charge in [-0.3, -0.25) is 4.90 Å². The van der Waals surface area contributed by atoms with Crippen molar-refractivity contribution >= 4 is 10.9 Å². The van der Waals surface area contributed by atoms with Crippen LogP contribution in [0.1, 0.15) is 36.9 Å². The molecule has 4 bridgehead atoms. The molecule has 2 aromatic rings. The number of aromatic amines is 1. The lowest BCUT2D eigenvalue weighted by Gasteiger charge is -2.54. The van der Waals surface area contributed by atoms with Crippen molar-refractivity contribution < 1.29 is 9.84 Å². The highest BCUT2D eigenvalue weighted by atomic mass is 16.5. The van der Waals surface area contributed by atoms with Gasteiger partial charge >= 0.3 is 0 Å². The van der Waals surface area contributed by atoms with Gasteiger partial charge in [0.15, 0.2) is 0 Å². The Hall–Kier alpha value is -1.52. The van der Waals surface area contributed by atoms with E-state index >= 15 is 0 Å². The third-order valence-corrected chi connectivity index (χ3v) is 6.74. The van der Waals surface area contributed by atoms with Crippen molar-refractivity contribution in [1.29, 1.82) is 0 Å². The molecule has 1 aliphatic carbocycles. The highest BCUT2D eigenvalue weighted by molar-refractivity contribution is 5.86. The molecule has 4 nitrogen and oxygen atoms in total. The van der Waals surface area contributed by atoms with Gasteiger partial charge in [0, 0.05) is 47.6 Å². The zero-order chi connectivity index (χ0) is 16.4. The second-order valence-corrected chi connectivity index (χ2v) is 8.01. The summed E-state index contributed by atoms with van der Waals surface area (Å²) in [5, 5.41) is 11.7. The van der Waals surface area contributed by atoms with E-state index in [0.717, 1.165) is 24.6 Å². The number of rotatable bonds is 2. The standard InChI is InChI=1S/C20H26N2O2/c1-11(23)15-7-12-8-17-19-14(5-6-22(10-12)20(15)17)16-9-13(24-2)3-4-18(16)21-19/h3-4,9,11-12,15,17,20-21,23H,5-8,10H2,1-2H3/t11-,12-,15-,17-,20-/m0/s1. The molecule has 2 saturated heterocycles. The van der Waals surface area contributed by atoms with Gasteiger partial charge in [-0.15, -0.1) is 0 Å². The lowest BCUT2D eigenvalue weighted by molar-refractivity contribution is -0.0580. The number of fused-ring (bicyclic) bond motifs is 4. The predicted octanol–water partition coefficient (Wildman–Crippen LogP) is 2.91. The molecule has 6 rings (SSSR count). The Labute approximate surface area is 142 Å². The first-order valence-corrected chi connectivity index (χ1v) is 9.26. The zero-order valence-electron chi connectivity index (χ0n) is 14.5. The van der Waals surface area contributed by atoms with Crippen molar-refractivity contribution in [2.45, 2.75) is 44.2 Å². The van der Waals surface area contributed by atoms with Crippen molar-refractivity contribution in [3.05, 3.63) is 29.5 Å². The molecule has 1 saturated carbocycles. The molecule has 4 aliphatic rings. The number of aromatic nitrogens is 1. The van der Waals surface area contributed by atoms with E-state index < -0.39 is 0 Å². The van der Waals surface area contributed by atoms with Crippen LogP contribution < -0.4 is 4.74 Å². The molecule has 3 aliphatic heterocycles. The molecular formula is C20H26N2O2. The fourth-order valence-electron chi connectivity index (χ4n) is 5.77. The molecule has 6 atom stereocenters. The van der Waals surface area contributed by atoms with Gasteiger partial charge in [-0.1, -0.05) is 0 Å². The lowest BCUT2D eigenvalue weighted by Crippen LogP contribution is -2.58. The predicted molar refractivity (Wildman–Crippen MR) is 94.6 cm³/mol. The Kier molecular flexibility index (Phi) is 3.23. The molecule has 2 N–H and O–H groups in total. The summed E-state index contributed by atoms with van der Waals surface area (Å²) in [6.07, 6.45) is 3.34. The van der Waals surface area contributed by atoms with Gasteiger partial charge < -0.3 is 14.8 Å². The summed E-state index contributed by atoms with van der Waals surface area (Å²) in [4.78, 5) is 6.41. The first kappa shape index (κ1) is 14.8. The lowest BCUT2D eigenvalue weighted by atomic mass is 9.64. The maximum absolute atomic E-state index is 10.3. The third-order valence-electron chi connectivity index (χ3n) is 6.74. The molecule has 4 heterocycles. The first-order chi connectivity index (χ1) is 11.7. The number of benzene rings is 1. The summed E-state index contributed by atoms with van der Waals surface area (Å²) in [5.74, 6) is 2.61. The van der Waals surface area contributed by atoms with Crippen LogP contribution in [0.15, 0.2) is 18.2 Å². The number of aliphatic hydroxyl groups is 1. The van der Waals surface area contributed by atoms with Crippen molar-refractivity contribution in [2.24, 2.45) is 11.8 Å². The quantitative estimate of drug-likeness (QED) is 0.892. The Morgan fingerprint density at radius 1 is 1.33 bits per heavy atom. The summed E-state index contributed by atoms with van der Waals surface area (Å²) >= 11 is 0. The highest BCUT2D eigenvalue weighted by Gasteiger charge is 2.50. The van der Waals surface area contributed by atoms with Crippen LogP contribution in [-0.2, 0) is 6.42 Å². The second-order valence-electron chi connectivity index (χ2n) is 8.01. The number of ether oxygens (including phenoxy) is 1. The fraction of sp³-hybridized carbons (Fsp3) is 0.600. The van der Waals surface area contributed by atoms with Gasteiger partial charge in [-0.05, 0) is 55.9 Å². The average molecular weight is 326 g/mol. The molecule has 0 spiro atoms. The highest BCUT2D eigenvalue weighted by Crippen LogP contribution is 2.51. The van der Waals surface area contributed by atoms with Gasteiger partial charge in [0.2, 0.25) is 0 Å². The Morgan fingerprint density at radius 3 is 3.00 bits per heavy atom. The van der Waals surface area contributed by atoms with Gasteiger partial charge in [-0.2, -0.15) is 0 Å². The topological polar surface area (TPSA) is 48.5 Å². The van der Waals surface area contributed by atoms with Crippen LogP contribution in [-0.4, -0.2) is 47.3 Å². The van der Waals surface area contributed by atoms with E-state index in [1.54, 1.807) is 7.11 Å². The van der Waals surface area contributed by atoms with E-state index in [2.05, 4.69) is 22.0 Å². The number of H-pyrrole nitrogens is 1. The average Bonchev–Trinajstić information content (AvgIpc) is 2.92.